The number of hydrogen-bond donors (Lipinski definition) is 0. The van der Waals surface area contributed by atoms with Gasteiger partial charge in [-0.1, -0.05) is 6.42 Å². The van der Waals surface area contributed by atoms with E-state index in [1.807, 2.05) is 6.07 Å². The molecule has 0 unspecified atom stereocenters. The van der Waals surface area contributed by atoms with Crippen LogP contribution in [-0.2, 0) is 0 Å². The van der Waals surface area contributed by atoms with E-state index in [-0.39, 0.29) is 24.6 Å². The van der Waals surface area contributed by atoms with Gasteiger partial charge in [-0.3, -0.25) is 4.79 Å². The number of rotatable bonds is 7. The minimum absolute atomic E-state index is 0. The molecule has 0 bridgehead atoms. The average molecular weight is 339 g/mol. The van der Waals surface area contributed by atoms with Crippen molar-refractivity contribution >= 4 is 31.0 Å². The Balaban J connectivity index is 0.00000324. The van der Waals surface area contributed by atoms with Crippen LogP contribution in [0.25, 0.3) is 0 Å². The van der Waals surface area contributed by atoms with Gasteiger partial charge in [0.15, 0.2) is 5.78 Å². The number of unbranched alkanes of at least 4 members (excludes halogenated alkanes) is 1. The molecular weight excluding hydrogens is 322 g/mol. The van der Waals surface area contributed by atoms with E-state index in [0.29, 0.717) is 23.5 Å². The molecule has 19 heavy (non-hydrogen) atoms. The van der Waals surface area contributed by atoms with Crippen molar-refractivity contribution in [3.8, 4) is 11.5 Å². The second-order valence-corrected chi connectivity index (χ2v) is 5.14. The summed E-state index contributed by atoms with van der Waals surface area (Å²) in [5.41, 5.74) is 0.517. The van der Waals surface area contributed by atoms with E-state index in [9.17, 15) is 4.79 Å². The average Bonchev–Trinajstić information content (AvgIpc) is 2.38. The monoisotopic (exact) mass is 338 g/mol. The van der Waals surface area contributed by atoms with Gasteiger partial charge in [0.2, 0.25) is 0 Å². The molecule has 0 fully saturated rings. The molecule has 0 aliphatic heterocycles. The van der Waals surface area contributed by atoms with Gasteiger partial charge in [0.05, 0.1) is 18.7 Å². The quantitative estimate of drug-likeness (QED) is 0.321. The van der Waals surface area contributed by atoms with Crippen molar-refractivity contribution in [3.05, 3.63) is 22.2 Å². The molecule has 0 radical (unpaired) electrons. The number of Topliss-reactive ketones (excluding diaryl/α,β-unsaturated/α-hetero) is 1. The zero-order valence-corrected chi connectivity index (χ0v) is 14.2. The summed E-state index contributed by atoms with van der Waals surface area (Å²) in [6, 6.07) is 3.58. The van der Waals surface area contributed by atoms with Gasteiger partial charge in [0, 0.05) is 6.42 Å². The minimum atomic E-state index is 0. The fourth-order valence-corrected chi connectivity index (χ4v) is 2.45. The maximum atomic E-state index is 12.2. The molecular formula is C13H17BrLiO3P. The fraction of sp³-hybridized carbons (Fsp3) is 0.462. The number of methoxy groups -OCH3 is 2. The number of carbonyl (C=O) groups is 1. The molecule has 0 aliphatic carbocycles. The van der Waals surface area contributed by atoms with Gasteiger partial charge >= 0.3 is 18.9 Å². The van der Waals surface area contributed by atoms with Gasteiger partial charge in [-0.05, 0) is 34.5 Å². The summed E-state index contributed by atoms with van der Waals surface area (Å²) < 4.78 is 11.3. The Morgan fingerprint density at radius 1 is 1.26 bits per heavy atom. The number of hydrogen-bond acceptors (Lipinski definition) is 3. The van der Waals surface area contributed by atoms with E-state index in [0.717, 1.165) is 23.5 Å². The maximum absolute atomic E-state index is 12.2. The molecule has 0 saturated heterocycles. The normalized spacial score (nSPS) is 9.68. The van der Waals surface area contributed by atoms with E-state index in [1.165, 1.54) is 0 Å². The Morgan fingerprint density at radius 3 is 2.47 bits per heavy atom. The molecule has 1 aromatic rings. The third-order valence-corrected chi connectivity index (χ3v) is 3.58. The molecule has 6 heteroatoms. The Kier molecular flexibility index (Phi) is 9.83. The molecule has 0 saturated carbocycles. The summed E-state index contributed by atoms with van der Waals surface area (Å²) in [4.78, 5) is 12.2. The van der Waals surface area contributed by atoms with Crippen molar-refractivity contribution in [2.45, 2.75) is 19.3 Å². The first-order valence-electron chi connectivity index (χ1n) is 5.74. The molecule has 0 heterocycles. The van der Waals surface area contributed by atoms with Crippen molar-refractivity contribution in [1.82, 2.24) is 0 Å². The van der Waals surface area contributed by atoms with Crippen LogP contribution in [0, 0.1) is 0 Å². The number of benzene rings is 1. The van der Waals surface area contributed by atoms with Gasteiger partial charge in [-0.25, -0.2) is 0 Å². The van der Waals surface area contributed by atoms with Gasteiger partial charge in [0.1, 0.15) is 17.1 Å². The van der Waals surface area contributed by atoms with Crippen LogP contribution in [0.2, 0.25) is 0 Å². The fourth-order valence-electron chi connectivity index (χ4n) is 1.71. The molecule has 3 nitrogen and oxygen atoms in total. The van der Waals surface area contributed by atoms with Crippen LogP contribution in [0.4, 0.5) is 0 Å². The first-order chi connectivity index (χ1) is 8.65. The summed E-state index contributed by atoms with van der Waals surface area (Å²) in [7, 11) is 6.50. The predicted molar refractivity (Wildman–Crippen MR) is 78.6 cm³/mol. The summed E-state index contributed by atoms with van der Waals surface area (Å²) >= 11 is 3.38. The Hall–Kier alpha value is -0.00260. The van der Waals surface area contributed by atoms with E-state index in [4.69, 9.17) is 9.47 Å². The van der Waals surface area contributed by atoms with E-state index >= 15 is 0 Å². The van der Waals surface area contributed by atoms with Crippen molar-refractivity contribution in [1.29, 1.82) is 0 Å². The Labute approximate surface area is 137 Å². The first-order valence-corrected chi connectivity index (χ1v) is 7.24. The first kappa shape index (κ1) is 19.0. The number of halogens is 1. The van der Waals surface area contributed by atoms with E-state index < -0.39 is 0 Å². The van der Waals surface area contributed by atoms with Crippen LogP contribution in [0.5, 0.6) is 11.5 Å². The van der Waals surface area contributed by atoms with Crippen LogP contribution in [0.15, 0.2) is 16.6 Å². The van der Waals surface area contributed by atoms with Crippen molar-refractivity contribution in [2.24, 2.45) is 0 Å². The molecule has 0 spiro atoms. The number of ether oxygens (including phenoxy) is 2. The molecule has 0 amide bonds. The van der Waals surface area contributed by atoms with E-state index in [2.05, 4.69) is 25.2 Å². The van der Waals surface area contributed by atoms with Gasteiger partial charge < -0.3 is 18.7 Å². The summed E-state index contributed by atoms with van der Waals surface area (Å²) in [6.45, 7) is 0. The largest absolute Gasteiger partial charge is 1.00 e. The van der Waals surface area contributed by atoms with Crippen LogP contribution in [0.1, 0.15) is 29.6 Å². The smallest absolute Gasteiger partial charge is 0.558 e. The zero-order chi connectivity index (χ0) is 13.5. The Morgan fingerprint density at radius 2 is 1.95 bits per heavy atom. The minimum Gasteiger partial charge on any atom is -0.558 e. The Bertz CT molecular complexity index is 427. The summed E-state index contributed by atoms with van der Waals surface area (Å²) in [5, 5.41) is 0. The van der Waals surface area contributed by atoms with E-state index in [1.54, 1.807) is 20.3 Å². The van der Waals surface area contributed by atoms with Crippen molar-refractivity contribution in [2.75, 3.05) is 20.4 Å². The standard InChI is InChI=1S/C13H17BrO3P.Li/c1-16-11-7-6-9(14)13(17-2)12(11)10(15)5-3-4-8-18;/h6-7,18H,3-5,8H2,1-2H3;/q-1;+1. The molecule has 1 aromatic carbocycles. The second kappa shape index (κ2) is 9.83. The van der Waals surface area contributed by atoms with Crippen molar-refractivity contribution < 1.29 is 33.1 Å². The molecule has 0 aromatic heterocycles. The van der Waals surface area contributed by atoms with Crippen LogP contribution in [0.3, 0.4) is 0 Å². The van der Waals surface area contributed by atoms with Crippen molar-refractivity contribution in [3.63, 3.8) is 0 Å². The van der Waals surface area contributed by atoms with Gasteiger partial charge in [0.25, 0.3) is 0 Å². The van der Waals surface area contributed by atoms with Gasteiger partial charge in [-0.15, -0.1) is 0 Å². The molecule has 0 atom stereocenters. The third kappa shape index (κ3) is 5.12. The predicted octanol–water partition coefficient (Wildman–Crippen LogP) is 0.966. The molecule has 0 aliphatic rings. The maximum Gasteiger partial charge on any atom is 1.00 e. The van der Waals surface area contributed by atoms with Crippen LogP contribution in [-0.4, -0.2) is 26.2 Å². The molecule has 100 valence electrons. The SMILES string of the molecule is COc1ccc(Br)c(OC)c1C(=O)CCCC[PH-].[Li+]. The molecule has 1 rings (SSSR count). The number of carbonyl (C=O) groups excluding carboxylic acids is 1. The van der Waals surface area contributed by atoms with Gasteiger partial charge in [-0.2, -0.15) is 6.16 Å². The summed E-state index contributed by atoms with van der Waals surface area (Å²) in [5.74, 6) is 1.14. The topological polar surface area (TPSA) is 35.5 Å². The zero-order valence-electron chi connectivity index (χ0n) is 11.6. The van der Waals surface area contributed by atoms with Crippen LogP contribution < -0.4 is 28.3 Å². The third-order valence-electron chi connectivity index (χ3n) is 2.60. The number of ketones is 1. The van der Waals surface area contributed by atoms with Crippen LogP contribution >= 0.6 is 25.2 Å². The summed E-state index contributed by atoms with van der Waals surface area (Å²) in [6.07, 6.45) is 3.22. The molecule has 0 N–H and O–H groups in total. The second-order valence-electron chi connectivity index (χ2n) is 3.79.